The number of nitrogens with two attached hydrogens (primary N) is 1. The first kappa shape index (κ1) is 22.6. The maximum atomic E-state index is 11.5. The second kappa shape index (κ2) is 9.40. The van der Waals surface area contributed by atoms with Crippen molar-refractivity contribution >= 4 is 52.8 Å². The van der Waals surface area contributed by atoms with Gasteiger partial charge in [-0.15, -0.1) is 0 Å². The Hall–Kier alpha value is -3.05. The SMILES string of the molecule is C=CC(=O)Nc1nccc(Sc2ncc(N3CCC(C)(NC(=O)O)CC3)nc2N)c1Cl. The third-order valence-electron chi connectivity index (χ3n) is 4.84. The van der Waals surface area contributed by atoms with Gasteiger partial charge >= 0.3 is 6.09 Å². The molecular formula is C19H22ClN7O3S. The summed E-state index contributed by atoms with van der Waals surface area (Å²) in [5.74, 6) is 0.658. The molecule has 1 aliphatic heterocycles. The van der Waals surface area contributed by atoms with Gasteiger partial charge in [0, 0.05) is 29.7 Å². The minimum absolute atomic E-state index is 0.214. The quantitative estimate of drug-likeness (QED) is 0.474. The molecule has 10 nitrogen and oxygen atoms in total. The number of nitrogen functional groups attached to an aromatic ring is 1. The molecule has 5 N–H and O–H groups in total. The van der Waals surface area contributed by atoms with E-state index in [-0.39, 0.29) is 16.7 Å². The predicted octanol–water partition coefficient (Wildman–Crippen LogP) is 3.01. The molecule has 0 bridgehead atoms. The van der Waals surface area contributed by atoms with Crippen LogP contribution in [0.25, 0.3) is 0 Å². The molecule has 0 aliphatic carbocycles. The van der Waals surface area contributed by atoms with Crippen LogP contribution in [-0.2, 0) is 4.79 Å². The van der Waals surface area contributed by atoms with Crippen molar-refractivity contribution in [1.29, 1.82) is 0 Å². The summed E-state index contributed by atoms with van der Waals surface area (Å²) in [5, 5.41) is 14.8. The normalized spacial score (nSPS) is 15.2. The van der Waals surface area contributed by atoms with Gasteiger partial charge in [0.15, 0.2) is 11.6 Å². The van der Waals surface area contributed by atoms with E-state index >= 15 is 0 Å². The molecule has 0 atom stereocenters. The van der Waals surface area contributed by atoms with Crippen LogP contribution in [0.3, 0.4) is 0 Å². The lowest BCUT2D eigenvalue weighted by molar-refractivity contribution is -0.111. The predicted molar refractivity (Wildman–Crippen MR) is 120 cm³/mol. The highest BCUT2D eigenvalue weighted by atomic mass is 35.5. The van der Waals surface area contributed by atoms with E-state index in [1.807, 2.05) is 11.8 Å². The number of pyridine rings is 1. The number of amides is 2. The maximum Gasteiger partial charge on any atom is 0.405 e. The lowest BCUT2D eigenvalue weighted by Crippen LogP contribution is -2.53. The van der Waals surface area contributed by atoms with Crippen molar-refractivity contribution < 1.29 is 14.7 Å². The Balaban J connectivity index is 1.71. The fourth-order valence-electron chi connectivity index (χ4n) is 3.09. The molecule has 0 unspecified atom stereocenters. The average molecular weight is 464 g/mol. The Bertz CT molecular complexity index is 1010. The number of halogens is 1. The molecule has 0 radical (unpaired) electrons. The third-order valence-corrected chi connectivity index (χ3v) is 6.40. The van der Waals surface area contributed by atoms with Crippen LogP contribution in [0.5, 0.6) is 0 Å². The van der Waals surface area contributed by atoms with Gasteiger partial charge < -0.3 is 26.4 Å². The highest BCUT2D eigenvalue weighted by Gasteiger charge is 2.32. The van der Waals surface area contributed by atoms with E-state index in [9.17, 15) is 9.59 Å². The van der Waals surface area contributed by atoms with Gasteiger partial charge in [0.2, 0.25) is 5.91 Å². The molecule has 0 aromatic carbocycles. The Morgan fingerprint density at radius 2 is 2.10 bits per heavy atom. The van der Waals surface area contributed by atoms with Gasteiger partial charge in [0.25, 0.3) is 0 Å². The van der Waals surface area contributed by atoms with Crippen LogP contribution in [0.2, 0.25) is 5.02 Å². The smallest absolute Gasteiger partial charge is 0.405 e. The van der Waals surface area contributed by atoms with E-state index < -0.39 is 17.5 Å². The number of carbonyl (C=O) groups is 2. The first-order chi connectivity index (χ1) is 14.7. The summed E-state index contributed by atoms with van der Waals surface area (Å²) in [4.78, 5) is 38.1. The number of hydrogen-bond acceptors (Lipinski definition) is 8. The van der Waals surface area contributed by atoms with Gasteiger partial charge in [-0.1, -0.05) is 29.9 Å². The number of piperidine rings is 1. The molecule has 0 spiro atoms. The van der Waals surface area contributed by atoms with E-state index in [4.69, 9.17) is 22.4 Å². The van der Waals surface area contributed by atoms with Crippen LogP contribution in [0.1, 0.15) is 19.8 Å². The molecule has 1 fully saturated rings. The summed E-state index contributed by atoms with van der Waals surface area (Å²) in [6.07, 6.45) is 4.53. The van der Waals surface area contributed by atoms with Crippen LogP contribution >= 0.6 is 23.4 Å². The molecular weight excluding hydrogens is 442 g/mol. The van der Waals surface area contributed by atoms with Gasteiger partial charge in [0.05, 0.1) is 11.2 Å². The summed E-state index contributed by atoms with van der Waals surface area (Å²) in [6, 6.07) is 1.69. The molecule has 164 valence electrons. The second-order valence-corrected chi connectivity index (χ2v) is 8.57. The Morgan fingerprint density at radius 3 is 2.71 bits per heavy atom. The largest absolute Gasteiger partial charge is 0.465 e. The molecule has 2 aromatic rings. The van der Waals surface area contributed by atoms with Gasteiger partial charge in [0.1, 0.15) is 10.8 Å². The van der Waals surface area contributed by atoms with Crippen molar-refractivity contribution in [3.63, 3.8) is 0 Å². The van der Waals surface area contributed by atoms with E-state index in [2.05, 4.69) is 32.2 Å². The average Bonchev–Trinajstić information content (AvgIpc) is 2.72. The van der Waals surface area contributed by atoms with Gasteiger partial charge in [-0.2, -0.15) is 0 Å². The summed E-state index contributed by atoms with van der Waals surface area (Å²) in [6.45, 7) is 6.54. The Kier molecular flexibility index (Phi) is 6.86. The maximum absolute atomic E-state index is 11.5. The van der Waals surface area contributed by atoms with Crippen molar-refractivity contribution in [3.8, 4) is 0 Å². The van der Waals surface area contributed by atoms with Gasteiger partial charge in [-0.25, -0.2) is 19.7 Å². The fourth-order valence-corrected chi connectivity index (χ4v) is 4.14. The molecule has 31 heavy (non-hydrogen) atoms. The Labute approximate surface area is 188 Å². The van der Waals surface area contributed by atoms with Crippen molar-refractivity contribution in [2.45, 2.75) is 35.2 Å². The summed E-state index contributed by atoms with van der Waals surface area (Å²) in [5.41, 5.74) is 5.67. The molecule has 2 amide bonds. The summed E-state index contributed by atoms with van der Waals surface area (Å²) >= 11 is 7.56. The number of carbonyl (C=O) groups excluding carboxylic acids is 1. The van der Waals surface area contributed by atoms with E-state index in [1.54, 1.807) is 12.3 Å². The third kappa shape index (κ3) is 5.56. The molecule has 3 rings (SSSR count). The van der Waals surface area contributed by atoms with Gasteiger partial charge in [-0.05, 0) is 31.9 Å². The van der Waals surface area contributed by atoms with E-state index in [0.29, 0.717) is 41.7 Å². The summed E-state index contributed by atoms with van der Waals surface area (Å²) < 4.78 is 0. The highest BCUT2D eigenvalue weighted by Crippen LogP contribution is 2.37. The fraction of sp³-hybridized carbons (Fsp3) is 0.316. The lowest BCUT2D eigenvalue weighted by atomic mass is 9.90. The number of anilines is 3. The monoisotopic (exact) mass is 463 g/mol. The van der Waals surface area contributed by atoms with Gasteiger partial charge in [-0.3, -0.25) is 4.79 Å². The zero-order valence-electron chi connectivity index (χ0n) is 16.8. The lowest BCUT2D eigenvalue weighted by Gasteiger charge is -2.39. The van der Waals surface area contributed by atoms with Crippen LogP contribution < -0.4 is 21.3 Å². The molecule has 1 aliphatic rings. The molecule has 1 saturated heterocycles. The Morgan fingerprint density at radius 1 is 1.39 bits per heavy atom. The van der Waals surface area contributed by atoms with E-state index in [0.717, 1.165) is 6.08 Å². The molecule has 12 heteroatoms. The van der Waals surface area contributed by atoms with Crippen molar-refractivity contribution in [2.75, 3.05) is 29.0 Å². The highest BCUT2D eigenvalue weighted by molar-refractivity contribution is 7.99. The van der Waals surface area contributed by atoms with Crippen LogP contribution in [0.15, 0.2) is 41.0 Å². The molecule has 3 heterocycles. The van der Waals surface area contributed by atoms with Crippen molar-refractivity contribution in [1.82, 2.24) is 20.3 Å². The minimum Gasteiger partial charge on any atom is -0.465 e. The van der Waals surface area contributed by atoms with Crippen LogP contribution in [0, 0.1) is 0 Å². The number of rotatable bonds is 6. The first-order valence-electron chi connectivity index (χ1n) is 9.35. The summed E-state index contributed by atoms with van der Waals surface area (Å²) in [7, 11) is 0. The van der Waals surface area contributed by atoms with Crippen molar-refractivity contribution in [3.05, 3.63) is 36.1 Å². The topological polar surface area (TPSA) is 146 Å². The van der Waals surface area contributed by atoms with Crippen molar-refractivity contribution in [2.24, 2.45) is 0 Å². The standard InChI is InChI=1S/C19H22ClN7O3S/c1-3-13(28)25-16-14(20)11(4-7-22-16)31-17-15(21)24-12(10-23-17)27-8-5-19(2,6-9-27)26-18(29)30/h3-4,7,10,26H,1,5-6,8-9H2,2H3,(H2,21,24)(H,29,30)(H,22,25,28). The number of hydrogen-bond donors (Lipinski definition) is 4. The zero-order valence-corrected chi connectivity index (χ0v) is 18.3. The second-order valence-electron chi connectivity index (χ2n) is 7.16. The molecule has 2 aromatic heterocycles. The number of nitrogens with one attached hydrogen (secondary N) is 2. The molecule has 0 saturated carbocycles. The first-order valence-corrected chi connectivity index (χ1v) is 10.5. The van der Waals surface area contributed by atoms with Crippen LogP contribution in [-0.4, -0.2) is 50.7 Å². The van der Waals surface area contributed by atoms with E-state index in [1.165, 1.54) is 18.0 Å². The minimum atomic E-state index is -1.02. The van der Waals surface area contributed by atoms with Crippen LogP contribution in [0.4, 0.5) is 22.2 Å². The number of nitrogens with zero attached hydrogens (tertiary/aromatic N) is 4. The zero-order chi connectivity index (χ0) is 22.6. The number of aromatic nitrogens is 3. The number of carboxylic acid groups (broad SMARTS) is 1.